The van der Waals surface area contributed by atoms with Crippen molar-refractivity contribution in [1.82, 2.24) is 0 Å². The van der Waals surface area contributed by atoms with Crippen LogP contribution in [0, 0.1) is 0 Å². The van der Waals surface area contributed by atoms with Gasteiger partial charge in [0, 0.05) is 23.7 Å². The highest BCUT2D eigenvalue weighted by Crippen LogP contribution is 2.20. The summed E-state index contributed by atoms with van der Waals surface area (Å²) in [5.74, 6) is 1.23. The van der Waals surface area contributed by atoms with E-state index in [2.05, 4.69) is 41.7 Å². The maximum atomic E-state index is 12.8. The number of rotatable bonds is 11. The fourth-order valence-corrected chi connectivity index (χ4v) is 3.64. The molecular weight excluding hydrogens is 422 g/mol. The predicted molar refractivity (Wildman–Crippen MR) is 137 cm³/mol. The molecule has 172 valence electrons. The minimum Gasteiger partial charge on any atom is -0.494 e. The Hall–Kier alpha value is -4.05. The van der Waals surface area contributed by atoms with Gasteiger partial charge in [-0.3, -0.25) is 4.79 Å². The van der Waals surface area contributed by atoms with Crippen LogP contribution in [0.25, 0.3) is 0 Å². The van der Waals surface area contributed by atoms with Crippen molar-refractivity contribution in [3.05, 3.63) is 126 Å². The van der Waals surface area contributed by atoms with Crippen molar-refractivity contribution in [3.63, 3.8) is 0 Å². The summed E-state index contributed by atoms with van der Waals surface area (Å²) in [4.78, 5) is 12.8. The molecule has 4 aromatic carbocycles. The quantitative estimate of drug-likeness (QED) is 0.262. The summed E-state index contributed by atoms with van der Waals surface area (Å²) in [6, 6.07) is 35.3. The number of ether oxygens (including phenoxy) is 2. The van der Waals surface area contributed by atoms with Gasteiger partial charge in [-0.15, -0.1) is 0 Å². The maximum absolute atomic E-state index is 12.8. The first-order chi connectivity index (χ1) is 16.8. The minimum absolute atomic E-state index is 0.185. The van der Waals surface area contributed by atoms with E-state index in [4.69, 9.17) is 9.47 Å². The van der Waals surface area contributed by atoms with Crippen LogP contribution in [-0.2, 0) is 12.8 Å². The highest BCUT2D eigenvalue weighted by molar-refractivity contribution is 6.04. The Bertz CT molecular complexity index is 1180. The molecule has 4 rings (SSSR count). The Balaban J connectivity index is 1.26. The molecule has 0 aliphatic rings. The summed E-state index contributed by atoms with van der Waals surface area (Å²) in [6.07, 6.45) is 2.72. The van der Waals surface area contributed by atoms with Gasteiger partial charge >= 0.3 is 0 Å². The standard InChI is InChI=1S/C30H29NO3/c32-30(26-15-7-17-28(22-26)34-21-19-25-12-5-2-6-13-25)31-27-16-8-18-29(23-27)33-20-9-14-24-10-3-1-4-11-24/h1-8,10-13,15-18,22-23H,9,14,19-21H2,(H,31,32). The first-order valence-electron chi connectivity index (χ1n) is 11.6. The molecule has 0 fully saturated rings. The number of hydrogen-bond donors (Lipinski definition) is 1. The van der Waals surface area contributed by atoms with Gasteiger partial charge < -0.3 is 14.8 Å². The van der Waals surface area contributed by atoms with Crippen molar-refractivity contribution in [2.75, 3.05) is 18.5 Å². The molecule has 0 unspecified atom stereocenters. The molecule has 4 nitrogen and oxygen atoms in total. The molecular formula is C30H29NO3. The van der Waals surface area contributed by atoms with Gasteiger partial charge in [0.15, 0.2) is 0 Å². The van der Waals surface area contributed by atoms with Crippen molar-refractivity contribution in [2.45, 2.75) is 19.3 Å². The number of anilines is 1. The van der Waals surface area contributed by atoms with Crippen LogP contribution in [0.2, 0.25) is 0 Å². The van der Waals surface area contributed by atoms with Crippen molar-refractivity contribution in [1.29, 1.82) is 0 Å². The lowest BCUT2D eigenvalue weighted by Crippen LogP contribution is -2.12. The second-order valence-corrected chi connectivity index (χ2v) is 8.03. The van der Waals surface area contributed by atoms with Crippen LogP contribution in [0.4, 0.5) is 5.69 Å². The third-order valence-electron chi connectivity index (χ3n) is 5.41. The Morgan fingerprint density at radius 2 is 1.24 bits per heavy atom. The van der Waals surface area contributed by atoms with Crippen LogP contribution in [-0.4, -0.2) is 19.1 Å². The van der Waals surface area contributed by atoms with Crippen molar-refractivity contribution >= 4 is 11.6 Å². The molecule has 0 atom stereocenters. The van der Waals surface area contributed by atoms with Gasteiger partial charge in [-0.25, -0.2) is 0 Å². The van der Waals surface area contributed by atoms with Crippen LogP contribution in [0.5, 0.6) is 11.5 Å². The van der Waals surface area contributed by atoms with Crippen LogP contribution < -0.4 is 14.8 Å². The summed E-state index contributed by atoms with van der Waals surface area (Å²) in [5.41, 5.74) is 3.77. The molecule has 0 aliphatic heterocycles. The molecule has 0 spiro atoms. The molecule has 34 heavy (non-hydrogen) atoms. The molecule has 4 aromatic rings. The monoisotopic (exact) mass is 451 g/mol. The third-order valence-corrected chi connectivity index (χ3v) is 5.41. The maximum Gasteiger partial charge on any atom is 0.255 e. The van der Waals surface area contributed by atoms with E-state index in [0.29, 0.717) is 30.2 Å². The number of amides is 1. The van der Waals surface area contributed by atoms with Crippen LogP contribution in [0.1, 0.15) is 27.9 Å². The average Bonchev–Trinajstić information content (AvgIpc) is 2.88. The highest BCUT2D eigenvalue weighted by atomic mass is 16.5. The molecule has 1 N–H and O–H groups in total. The molecule has 4 heteroatoms. The zero-order valence-corrected chi connectivity index (χ0v) is 19.2. The topological polar surface area (TPSA) is 47.6 Å². The van der Waals surface area contributed by atoms with E-state index in [-0.39, 0.29) is 5.91 Å². The SMILES string of the molecule is O=C(Nc1cccc(OCCCc2ccccc2)c1)c1cccc(OCCc2ccccc2)c1. The number of hydrogen-bond acceptors (Lipinski definition) is 3. The molecule has 0 radical (unpaired) electrons. The van der Waals surface area contributed by atoms with Gasteiger partial charge in [-0.1, -0.05) is 72.8 Å². The minimum atomic E-state index is -0.185. The fraction of sp³-hybridized carbons (Fsp3) is 0.167. The van der Waals surface area contributed by atoms with Crippen LogP contribution >= 0.6 is 0 Å². The lowest BCUT2D eigenvalue weighted by Gasteiger charge is -2.11. The first kappa shape index (κ1) is 23.1. The summed E-state index contributed by atoms with van der Waals surface area (Å²) >= 11 is 0. The summed E-state index contributed by atoms with van der Waals surface area (Å²) in [7, 11) is 0. The van der Waals surface area contributed by atoms with Crippen LogP contribution in [0.15, 0.2) is 109 Å². The molecule has 0 aromatic heterocycles. The van der Waals surface area contributed by atoms with Crippen molar-refractivity contribution in [3.8, 4) is 11.5 Å². The number of carbonyl (C=O) groups excluding carboxylic acids is 1. The average molecular weight is 452 g/mol. The lowest BCUT2D eigenvalue weighted by molar-refractivity contribution is 0.102. The zero-order chi connectivity index (χ0) is 23.4. The summed E-state index contributed by atoms with van der Waals surface area (Å²) < 4.78 is 11.7. The molecule has 0 saturated heterocycles. The highest BCUT2D eigenvalue weighted by Gasteiger charge is 2.08. The van der Waals surface area contributed by atoms with E-state index in [1.54, 1.807) is 12.1 Å². The van der Waals surface area contributed by atoms with Gasteiger partial charge in [0.25, 0.3) is 5.91 Å². The van der Waals surface area contributed by atoms with Crippen LogP contribution in [0.3, 0.4) is 0 Å². The summed E-state index contributed by atoms with van der Waals surface area (Å²) in [5, 5.41) is 2.95. The summed E-state index contributed by atoms with van der Waals surface area (Å²) in [6.45, 7) is 1.17. The first-order valence-corrected chi connectivity index (χ1v) is 11.6. The normalized spacial score (nSPS) is 10.5. The predicted octanol–water partition coefficient (Wildman–Crippen LogP) is 6.57. The number of nitrogens with one attached hydrogen (secondary N) is 1. The second-order valence-electron chi connectivity index (χ2n) is 8.03. The van der Waals surface area contributed by atoms with E-state index >= 15 is 0 Å². The lowest BCUT2D eigenvalue weighted by atomic mass is 10.1. The number of carbonyl (C=O) groups is 1. The Morgan fingerprint density at radius 1 is 0.618 bits per heavy atom. The smallest absolute Gasteiger partial charge is 0.255 e. The molecule has 0 aliphatic carbocycles. The van der Waals surface area contributed by atoms with Crippen molar-refractivity contribution < 1.29 is 14.3 Å². The zero-order valence-electron chi connectivity index (χ0n) is 19.2. The molecule has 0 saturated carbocycles. The van der Waals surface area contributed by atoms with Gasteiger partial charge in [0.05, 0.1) is 13.2 Å². The number of benzene rings is 4. The Labute approximate surface area is 201 Å². The van der Waals surface area contributed by atoms with Crippen molar-refractivity contribution in [2.24, 2.45) is 0 Å². The molecule has 0 heterocycles. The van der Waals surface area contributed by atoms with Gasteiger partial charge in [0.2, 0.25) is 0 Å². The van der Waals surface area contributed by atoms with E-state index in [1.807, 2.05) is 60.7 Å². The molecule has 1 amide bonds. The van der Waals surface area contributed by atoms with E-state index in [1.165, 1.54) is 11.1 Å². The largest absolute Gasteiger partial charge is 0.494 e. The number of aryl methyl sites for hydroxylation is 1. The van der Waals surface area contributed by atoms with E-state index < -0.39 is 0 Å². The Morgan fingerprint density at radius 3 is 1.97 bits per heavy atom. The fourth-order valence-electron chi connectivity index (χ4n) is 3.64. The second kappa shape index (κ2) is 12.3. The van der Waals surface area contributed by atoms with Gasteiger partial charge in [-0.2, -0.15) is 0 Å². The molecule has 0 bridgehead atoms. The van der Waals surface area contributed by atoms with E-state index in [0.717, 1.165) is 25.0 Å². The van der Waals surface area contributed by atoms with Gasteiger partial charge in [-0.05, 0) is 54.3 Å². The van der Waals surface area contributed by atoms with Gasteiger partial charge in [0.1, 0.15) is 11.5 Å². The van der Waals surface area contributed by atoms with E-state index in [9.17, 15) is 4.79 Å². The third kappa shape index (κ3) is 7.24. The Kier molecular flexibility index (Phi) is 8.34.